The third-order valence-electron chi connectivity index (χ3n) is 2.30. The van der Waals surface area contributed by atoms with E-state index in [0.29, 0.717) is 5.92 Å². The molecule has 2 atom stereocenters. The maximum Gasteiger partial charge on any atom is 0.0744 e. The normalized spacial score (nSPS) is 15.8. The van der Waals surface area contributed by atoms with Gasteiger partial charge in [0.05, 0.1) is 6.10 Å². The average Bonchev–Trinajstić information content (AvgIpc) is 2.05. The monoisotopic (exact) mass is 185 g/mol. The van der Waals surface area contributed by atoms with Crippen LogP contribution >= 0.6 is 0 Å². The van der Waals surface area contributed by atoms with Crippen LogP contribution in [0.4, 0.5) is 0 Å². The second kappa shape index (κ2) is 7.10. The van der Waals surface area contributed by atoms with Crippen molar-refractivity contribution >= 4 is 0 Å². The van der Waals surface area contributed by atoms with Gasteiger partial charge in [-0.1, -0.05) is 19.9 Å². The van der Waals surface area contributed by atoms with Crippen LogP contribution < -0.4 is 5.73 Å². The lowest BCUT2D eigenvalue weighted by Crippen LogP contribution is -2.39. The number of ether oxygens (including phenoxy) is 1. The molecule has 0 aromatic rings. The predicted octanol–water partition coefficient (Wildman–Crippen LogP) is 2.34. The van der Waals surface area contributed by atoms with E-state index in [4.69, 9.17) is 10.5 Å². The SMILES string of the molecule is C=CCCCC(N)C(OC)C(C)C. The smallest absolute Gasteiger partial charge is 0.0744 e. The lowest BCUT2D eigenvalue weighted by atomic mass is 9.96. The fraction of sp³-hybridized carbons (Fsp3) is 0.818. The number of hydrogen-bond donors (Lipinski definition) is 1. The summed E-state index contributed by atoms with van der Waals surface area (Å²) in [6.07, 6.45) is 5.29. The van der Waals surface area contributed by atoms with Crippen LogP contribution in [-0.2, 0) is 4.74 Å². The van der Waals surface area contributed by atoms with Gasteiger partial charge in [0.15, 0.2) is 0 Å². The third kappa shape index (κ3) is 5.06. The van der Waals surface area contributed by atoms with Crippen molar-refractivity contribution in [2.45, 2.75) is 45.3 Å². The maximum atomic E-state index is 6.01. The molecule has 0 rings (SSSR count). The Hall–Kier alpha value is -0.340. The summed E-state index contributed by atoms with van der Waals surface area (Å²) in [5.74, 6) is 0.490. The third-order valence-corrected chi connectivity index (χ3v) is 2.30. The molecular formula is C11H23NO. The topological polar surface area (TPSA) is 35.2 Å². The molecule has 0 aliphatic rings. The first-order valence-corrected chi connectivity index (χ1v) is 5.02. The standard InChI is InChI=1S/C11H23NO/c1-5-6-7-8-10(12)11(13-4)9(2)3/h5,9-11H,1,6-8,12H2,2-4H3. The molecule has 0 aliphatic carbocycles. The first kappa shape index (κ1) is 12.7. The molecular weight excluding hydrogens is 162 g/mol. The van der Waals surface area contributed by atoms with Crippen LogP contribution in [0.25, 0.3) is 0 Å². The molecule has 0 saturated heterocycles. The minimum atomic E-state index is 0.157. The van der Waals surface area contributed by atoms with Gasteiger partial charge in [0.1, 0.15) is 0 Å². The van der Waals surface area contributed by atoms with Crippen molar-refractivity contribution in [2.24, 2.45) is 11.7 Å². The molecule has 0 radical (unpaired) electrons. The number of hydrogen-bond acceptors (Lipinski definition) is 2. The number of nitrogens with two attached hydrogens (primary N) is 1. The molecule has 0 fully saturated rings. The van der Waals surface area contributed by atoms with E-state index in [2.05, 4.69) is 20.4 Å². The van der Waals surface area contributed by atoms with Crippen molar-refractivity contribution in [3.05, 3.63) is 12.7 Å². The van der Waals surface area contributed by atoms with E-state index in [1.165, 1.54) is 0 Å². The number of unbranched alkanes of at least 4 members (excludes halogenated alkanes) is 1. The zero-order chi connectivity index (χ0) is 10.3. The molecule has 0 spiro atoms. The fourth-order valence-electron chi connectivity index (χ4n) is 1.60. The minimum absolute atomic E-state index is 0.157. The Morgan fingerprint density at radius 3 is 2.46 bits per heavy atom. The Bertz CT molecular complexity index is 134. The first-order valence-electron chi connectivity index (χ1n) is 5.02. The number of methoxy groups -OCH3 is 1. The van der Waals surface area contributed by atoms with Crippen LogP contribution in [0, 0.1) is 5.92 Å². The fourth-order valence-corrected chi connectivity index (χ4v) is 1.60. The van der Waals surface area contributed by atoms with E-state index < -0.39 is 0 Å². The van der Waals surface area contributed by atoms with Gasteiger partial charge in [-0.2, -0.15) is 0 Å². The number of rotatable bonds is 7. The highest BCUT2D eigenvalue weighted by Crippen LogP contribution is 2.13. The summed E-state index contributed by atoms with van der Waals surface area (Å²) in [5.41, 5.74) is 6.01. The minimum Gasteiger partial charge on any atom is -0.380 e. The van der Waals surface area contributed by atoms with E-state index in [-0.39, 0.29) is 12.1 Å². The highest BCUT2D eigenvalue weighted by atomic mass is 16.5. The summed E-state index contributed by atoms with van der Waals surface area (Å²) < 4.78 is 5.35. The van der Waals surface area contributed by atoms with Gasteiger partial charge in [-0.3, -0.25) is 0 Å². The summed E-state index contributed by atoms with van der Waals surface area (Å²) in [7, 11) is 1.73. The van der Waals surface area contributed by atoms with Crippen LogP contribution in [0.5, 0.6) is 0 Å². The highest BCUT2D eigenvalue weighted by Gasteiger charge is 2.19. The molecule has 0 heterocycles. The average molecular weight is 185 g/mol. The molecule has 2 heteroatoms. The van der Waals surface area contributed by atoms with E-state index in [0.717, 1.165) is 19.3 Å². The lowest BCUT2D eigenvalue weighted by molar-refractivity contribution is 0.0414. The second-order valence-electron chi connectivity index (χ2n) is 3.83. The Balaban J connectivity index is 3.76. The van der Waals surface area contributed by atoms with Crippen LogP contribution in [0.2, 0.25) is 0 Å². The van der Waals surface area contributed by atoms with Gasteiger partial charge in [0.25, 0.3) is 0 Å². The van der Waals surface area contributed by atoms with Gasteiger partial charge >= 0.3 is 0 Å². The molecule has 0 saturated carbocycles. The summed E-state index contributed by atoms with van der Waals surface area (Å²) >= 11 is 0. The maximum absolute atomic E-state index is 6.01. The Morgan fingerprint density at radius 1 is 1.46 bits per heavy atom. The predicted molar refractivity (Wildman–Crippen MR) is 57.7 cm³/mol. The Kier molecular flexibility index (Phi) is 6.92. The van der Waals surface area contributed by atoms with Crippen LogP contribution in [0.3, 0.4) is 0 Å². The van der Waals surface area contributed by atoms with Crippen molar-refractivity contribution in [2.75, 3.05) is 7.11 Å². The molecule has 0 aromatic heterocycles. The molecule has 2 N–H and O–H groups in total. The van der Waals surface area contributed by atoms with Gasteiger partial charge < -0.3 is 10.5 Å². The molecule has 0 aliphatic heterocycles. The van der Waals surface area contributed by atoms with Crippen molar-refractivity contribution in [1.82, 2.24) is 0 Å². The van der Waals surface area contributed by atoms with Gasteiger partial charge in [0.2, 0.25) is 0 Å². The summed E-state index contributed by atoms with van der Waals surface area (Å²) in [4.78, 5) is 0. The Labute approximate surface area is 82.2 Å². The van der Waals surface area contributed by atoms with Gasteiger partial charge in [-0.25, -0.2) is 0 Å². The Morgan fingerprint density at radius 2 is 2.08 bits per heavy atom. The summed E-state index contributed by atoms with van der Waals surface area (Å²) in [5, 5.41) is 0. The van der Waals surface area contributed by atoms with Crippen molar-refractivity contribution in [1.29, 1.82) is 0 Å². The molecule has 13 heavy (non-hydrogen) atoms. The molecule has 0 amide bonds. The number of allylic oxidation sites excluding steroid dienone is 1. The van der Waals surface area contributed by atoms with Crippen LogP contribution in [-0.4, -0.2) is 19.3 Å². The largest absolute Gasteiger partial charge is 0.380 e. The first-order chi connectivity index (χ1) is 6.13. The highest BCUT2D eigenvalue weighted by molar-refractivity contribution is 4.77. The van der Waals surface area contributed by atoms with Gasteiger partial charge in [-0.05, 0) is 25.2 Å². The lowest BCUT2D eigenvalue weighted by Gasteiger charge is -2.25. The zero-order valence-corrected chi connectivity index (χ0v) is 9.12. The van der Waals surface area contributed by atoms with Gasteiger partial charge in [-0.15, -0.1) is 6.58 Å². The second-order valence-corrected chi connectivity index (χ2v) is 3.83. The van der Waals surface area contributed by atoms with Gasteiger partial charge in [0, 0.05) is 13.2 Å². The molecule has 0 aromatic carbocycles. The van der Waals surface area contributed by atoms with Crippen molar-refractivity contribution < 1.29 is 4.74 Å². The van der Waals surface area contributed by atoms with Crippen LogP contribution in [0.1, 0.15) is 33.1 Å². The van der Waals surface area contributed by atoms with E-state index >= 15 is 0 Å². The summed E-state index contributed by atoms with van der Waals surface area (Å²) in [6, 6.07) is 0.157. The molecule has 0 bridgehead atoms. The van der Waals surface area contributed by atoms with E-state index in [9.17, 15) is 0 Å². The van der Waals surface area contributed by atoms with E-state index in [1.807, 2.05) is 6.08 Å². The van der Waals surface area contributed by atoms with Crippen molar-refractivity contribution in [3.8, 4) is 0 Å². The quantitative estimate of drug-likeness (QED) is 0.488. The molecule has 2 nitrogen and oxygen atoms in total. The summed E-state index contributed by atoms with van der Waals surface area (Å²) in [6.45, 7) is 7.97. The molecule has 78 valence electrons. The van der Waals surface area contributed by atoms with Crippen LogP contribution in [0.15, 0.2) is 12.7 Å². The zero-order valence-electron chi connectivity index (χ0n) is 9.12. The van der Waals surface area contributed by atoms with Crippen molar-refractivity contribution in [3.63, 3.8) is 0 Å². The molecule has 2 unspecified atom stereocenters. The van der Waals surface area contributed by atoms with E-state index in [1.54, 1.807) is 7.11 Å².